The third-order valence-corrected chi connectivity index (χ3v) is 3.39. The Labute approximate surface area is 142 Å². The van der Waals surface area contributed by atoms with Crippen LogP contribution in [0.1, 0.15) is 12.1 Å². The third-order valence-electron chi connectivity index (χ3n) is 3.39. The molecule has 0 aliphatic rings. The fourth-order valence-electron chi connectivity index (χ4n) is 2.15. The van der Waals surface area contributed by atoms with Crippen LogP contribution in [-0.2, 0) is 16.1 Å². The lowest BCUT2D eigenvalue weighted by Gasteiger charge is -2.16. The molecule has 0 saturated carbocycles. The minimum atomic E-state index is -1.37. The number of nitrogens with zero attached hydrogens (tertiary/aromatic N) is 2. The van der Waals surface area contributed by atoms with Crippen LogP contribution in [0.4, 0.5) is 11.4 Å². The maximum Gasteiger partial charge on any atom is 0.271 e. The van der Waals surface area contributed by atoms with E-state index in [1.807, 2.05) is 0 Å². The summed E-state index contributed by atoms with van der Waals surface area (Å²) in [6.45, 7) is 0.281. The Bertz CT molecular complexity index is 766. The van der Waals surface area contributed by atoms with Crippen LogP contribution in [0.25, 0.3) is 0 Å². The lowest BCUT2D eigenvalue weighted by atomic mass is 10.2. The van der Waals surface area contributed by atoms with Gasteiger partial charge in [-0.25, -0.2) is 0 Å². The van der Waals surface area contributed by atoms with Gasteiger partial charge in [-0.1, -0.05) is 12.1 Å². The fourth-order valence-corrected chi connectivity index (χ4v) is 2.15. The van der Waals surface area contributed by atoms with Crippen LogP contribution >= 0.6 is 0 Å². The maximum absolute atomic E-state index is 12.0. The Morgan fingerprint density at radius 3 is 2.68 bits per heavy atom. The van der Waals surface area contributed by atoms with E-state index in [-0.39, 0.29) is 24.3 Å². The predicted octanol–water partition coefficient (Wildman–Crippen LogP) is -0.799. The van der Waals surface area contributed by atoms with Crippen molar-refractivity contribution < 1.29 is 24.9 Å². The first-order chi connectivity index (χ1) is 12.0. The number of rotatable bonds is 8. The molecule has 1 atom stereocenters. The number of pyridine rings is 1. The van der Waals surface area contributed by atoms with E-state index < -0.39 is 22.8 Å². The second-order valence-electron chi connectivity index (χ2n) is 5.25. The lowest BCUT2D eigenvalue weighted by molar-refractivity contribution is -0.697. The zero-order valence-corrected chi connectivity index (χ0v) is 13.1. The summed E-state index contributed by atoms with van der Waals surface area (Å²) in [6, 6.07) is 9.57. The number of carbonyl (C=O) groups is 2. The van der Waals surface area contributed by atoms with E-state index in [1.165, 1.54) is 29.6 Å². The van der Waals surface area contributed by atoms with Gasteiger partial charge in [0.25, 0.3) is 5.69 Å². The van der Waals surface area contributed by atoms with Crippen molar-refractivity contribution in [3.05, 3.63) is 64.5 Å². The molecule has 0 bridgehead atoms. The highest BCUT2D eigenvalue weighted by molar-refractivity contribution is 5.93. The van der Waals surface area contributed by atoms with E-state index in [1.54, 1.807) is 24.4 Å². The minimum absolute atomic E-state index is 0.170. The van der Waals surface area contributed by atoms with Gasteiger partial charge in [0.05, 0.1) is 23.0 Å². The lowest BCUT2D eigenvalue weighted by Crippen LogP contribution is -2.92. The molecular formula is C16H16N4O5. The number of non-ortho nitro benzene ring substituents is 1. The summed E-state index contributed by atoms with van der Waals surface area (Å²) < 4.78 is 0. The molecule has 3 N–H and O–H groups in total. The molecule has 1 heterocycles. The maximum atomic E-state index is 12.0. The van der Waals surface area contributed by atoms with Crippen LogP contribution in [0, 0.1) is 10.1 Å². The number of nitrogens with one attached hydrogen (secondary N) is 1. The number of nitrogens with two attached hydrogens (primary N) is 1. The molecule has 25 heavy (non-hydrogen) atoms. The van der Waals surface area contributed by atoms with Crippen LogP contribution in [-0.4, -0.2) is 27.8 Å². The van der Waals surface area contributed by atoms with Crippen molar-refractivity contribution in [2.24, 2.45) is 0 Å². The Balaban J connectivity index is 1.94. The number of benzene rings is 1. The summed E-state index contributed by atoms with van der Waals surface area (Å²) in [4.78, 5) is 37.4. The molecule has 0 aliphatic carbocycles. The molecule has 0 spiro atoms. The number of carbonyl (C=O) groups excluding carboxylic acids is 2. The molecule has 0 aliphatic heterocycles. The number of aromatic nitrogens is 1. The number of carboxylic acids is 1. The van der Waals surface area contributed by atoms with E-state index >= 15 is 0 Å². The number of carboxylic acid groups (broad SMARTS) is 1. The first kappa shape index (κ1) is 18.0. The average molecular weight is 344 g/mol. The number of nitro benzene ring substituents is 1. The van der Waals surface area contributed by atoms with E-state index in [0.717, 1.165) is 0 Å². The average Bonchev–Trinajstić information content (AvgIpc) is 2.59. The van der Waals surface area contributed by atoms with Gasteiger partial charge in [-0.2, -0.15) is 0 Å². The molecule has 0 unspecified atom stereocenters. The molecule has 0 fully saturated rings. The molecule has 9 nitrogen and oxygen atoms in total. The Kier molecular flexibility index (Phi) is 6.13. The van der Waals surface area contributed by atoms with Gasteiger partial charge < -0.3 is 20.5 Å². The van der Waals surface area contributed by atoms with Gasteiger partial charge in [-0.3, -0.25) is 19.9 Å². The van der Waals surface area contributed by atoms with Crippen LogP contribution < -0.4 is 15.7 Å². The van der Waals surface area contributed by atoms with Crippen molar-refractivity contribution in [3.8, 4) is 0 Å². The van der Waals surface area contributed by atoms with Crippen molar-refractivity contribution in [2.45, 2.75) is 19.0 Å². The molecule has 130 valence electrons. The smallest absolute Gasteiger partial charge is 0.271 e. The highest BCUT2D eigenvalue weighted by Gasteiger charge is 2.19. The molecule has 1 amide bonds. The Morgan fingerprint density at radius 2 is 2.04 bits per heavy atom. The first-order valence-corrected chi connectivity index (χ1v) is 7.44. The largest absolute Gasteiger partial charge is 0.544 e. The standard InChI is InChI=1S/C16H16N4O5/c21-15(19-11-5-3-6-13(8-11)20(24)25)9-14(16(22)23)18-10-12-4-1-2-7-17-12/h1-8,14,18H,9-10H2,(H,19,21)(H,22,23)/t14-/m0/s1. The Hall–Kier alpha value is -3.33. The van der Waals surface area contributed by atoms with Gasteiger partial charge in [0.1, 0.15) is 12.6 Å². The van der Waals surface area contributed by atoms with Crippen LogP contribution in [0.2, 0.25) is 0 Å². The SMILES string of the molecule is O=C(C[C@H]([NH2+]Cc1ccccn1)C(=O)[O-])Nc1cccc([N+](=O)[O-])c1. The van der Waals surface area contributed by atoms with Gasteiger partial charge in [-0.15, -0.1) is 0 Å². The molecule has 1 aromatic heterocycles. The van der Waals surface area contributed by atoms with E-state index in [2.05, 4.69) is 10.3 Å². The molecule has 0 radical (unpaired) electrons. The topological polar surface area (TPSA) is 142 Å². The van der Waals surface area contributed by atoms with Crippen LogP contribution in [0.5, 0.6) is 0 Å². The first-order valence-electron chi connectivity index (χ1n) is 7.44. The highest BCUT2D eigenvalue weighted by atomic mass is 16.6. The second kappa shape index (κ2) is 8.50. The van der Waals surface area contributed by atoms with E-state index in [4.69, 9.17) is 0 Å². The number of anilines is 1. The molecule has 2 rings (SSSR count). The van der Waals surface area contributed by atoms with Gasteiger partial charge in [0.2, 0.25) is 5.91 Å². The molecule has 2 aromatic rings. The van der Waals surface area contributed by atoms with Gasteiger partial charge in [0.15, 0.2) is 0 Å². The van der Waals surface area contributed by atoms with Crippen LogP contribution in [0.15, 0.2) is 48.7 Å². The van der Waals surface area contributed by atoms with Crippen molar-refractivity contribution >= 4 is 23.3 Å². The molecule has 0 saturated heterocycles. The van der Waals surface area contributed by atoms with Crippen molar-refractivity contribution in [2.75, 3.05) is 5.32 Å². The molecule has 1 aromatic carbocycles. The summed E-state index contributed by atoms with van der Waals surface area (Å²) >= 11 is 0. The third kappa shape index (κ3) is 5.66. The second-order valence-corrected chi connectivity index (χ2v) is 5.25. The molecular weight excluding hydrogens is 328 g/mol. The van der Waals surface area contributed by atoms with Gasteiger partial charge in [-0.05, 0) is 18.2 Å². The minimum Gasteiger partial charge on any atom is -0.544 e. The van der Waals surface area contributed by atoms with Crippen LogP contribution in [0.3, 0.4) is 0 Å². The molecule has 9 heteroatoms. The van der Waals surface area contributed by atoms with Gasteiger partial charge >= 0.3 is 0 Å². The zero-order valence-electron chi connectivity index (χ0n) is 13.1. The summed E-state index contributed by atoms with van der Waals surface area (Å²) in [6.07, 6.45) is 1.25. The Morgan fingerprint density at radius 1 is 1.24 bits per heavy atom. The quantitative estimate of drug-likeness (QED) is 0.474. The number of hydrogen-bond donors (Lipinski definition) is 2. The zero-order chi connectivity index (χ0) is 18.2. The monoisotopic (exact) mass is 344 g/mol. The summed E-state index contributed by atoms with van der Waals surface area (Å²) in [5.74, 6) is -1.95. The summed E-state index contributed by atoms with van der Waals surface area (Å²) in [7, 11) is 0. The van der Waals surface area contributed by atoms with E-state index in [9.17, 15) is 24.8 Å². The number of amides is 1. The number of quaternary nitrogens is 1. The van der Waals surface area contributed by atoms with Crippen molar-refractivity contribution in [1.82, 2.24) is 4.98 Å². The summed E-state index contributed by atoms with van der Waals surface area (Å²) in [5.41, 5.74) is 0.727. The van der Waals surface area contributed by atoms with E-state index in [0.29, 0.717) is 5.69 Å². The fraction of sp³-hybridized carbons (Fsp3) is 0.188. The number of nitro groups is 1. The normalized spacial score (nSPS) is 11.5. The predicted molar refractivity (Wildman–Crippen MR) is 85.0 cm³/mol. The van der Waals surface area contributed by atoms with Gasteiger partial charge in [0, 0.05) is 24.0 Å². The van der Waals surface area contributed by atoms with Crippen molar-refractivity contribution in [3.63, 3.8) is 0 Å². The highest BCUT2D eigenvalue weighted by Crippen LogP contribution is 2.17. The summed E-state index contributed by atoms with van der Waals surface area (Å²) in [5, 5.41) is 25.8. The number of hydrogen-bond acceptors (Lipinski definition) is 6. The van der Waals surface area contributed by atoms with Crippen molar-refractivity contribution in [1.29, 1.82) is 0 Å². The number of aliphatic carboxylic acids is 1.